The molecule has 2 N–H and O–H groups in total. The van der Waals surface area contributed by atoms with E-state index in [1.165, 1.54) is 180 Å². The molecule has 0 aromatic carbocycles. The molecular formula is C70H127O11P. The lowest BCUT2D eigenvalue weighted by Gasteiger charge is -2.21. The molecule has 0 amide bonds. The molecule has 0 bridgehead atoms. The van der Waals surface area contributed by atoms with Gasteiger partial charge < -0.3 is 24.2 Å². The SMILES string of the molecule is CCCCC/C=C\C/C=C\CCCCCCCCCCCC(=O)OC(COC(=O)CCCCCCCCCCC/C=C\CCCCCCCC)COP(=O)(O)OCC(CO)OC(=O)CCCCCCCCC/C=C\C/C=C\CCCCC. The van der Waals surface area contributed by atoms with Crippen LogP contribution in [0, 0.1) is 0 Å². The Kier molecular flexibility index (Phi) is 62.0. The van der Waals surface area contributed by atoms with Crippen LogP contribution in [0.15, 0.2) is 60.8 Å². The number of ether oxygens (including phenoxy) is 3. The molecule has 0 saturated carbocycles. The molecule has 0 rings (SSSR count). The van der Waals surface area contributed by atoms with Crippen LogP contribution >= 0.6 is 7.82 Å². The summed E-state index contributed by atoms with van der Waals surface area (Å²) in [4.78, 5) is 48.9. The smallest absolute Gasteiger partial charge is 0.462 e. The predicted molar refractivity (Wildman–Crippen MR) is 344 cm³/mol. The maximum atomic E-state index is 13.0. The maximum Gasteiger partial charge on any atom is 0.472 e. The number of aliphatic hydroxyl groups is 1. The fourth-order valence-corrected chi connectivity index (χ4v) is 10.4. The van der Waals surface area contributed by atoms with Crippen molar-refractivity contribution in [1.29, 1.82) is 0 Å². The highest BCUT2D eigenvalue weighted by Crippen LogP contribution is 2.43. The van der Waals surface area contributed by atoms with Crippen LogP contribution in [-0.2, 0) is 42.2 Å². The molecule has 0 saturated heterocycles. The van der Waals surface area contributed by atoms with Gasteiger partial charge in [-0.1, -0.05) is 261 Å². The molecule has 0 aliphatic rings. The van der Waals surface area contributed by atoms with Gasteiger partial charge in [-0.05, 0) is 109 Å². The number of rotatable bonds is 64. The first-order chi connectivity index (χ1) is 40.2. The van der Waals surface area contributed by atoms with Crippen LogP contribution < -0.4 is 0 Å². The number of carbonyl (C=O) groups excluding carboxylic acids is 3. The minimum Gasteiger partial charge on any atom is -0.462 e. The zero-order chi connectivity index (χ0) is 59.8. The molecule has 0 aromatic heterocycles. The molecule has 0 fully saturated rings. The van der Waals surface area contributed by atoms with Crippen LogP contribution in [0.1, 0.15) is 329 Å². The molecule has 0 radical (unpaired) electrons. The zero-order valence-corrected chi connectivity index (χ0v) is 54.1. The summed E-state index contributed by atoms with van der Waals surface area (Å²) in [5, 5.41) is 9.87. The number of esters is 3. The van der Waals surface area contributed by atoms with Crippen LogP contribution in [-0.4, -0.2) is 66.5 Å². The second-order valence-corrected chi connectivity index (χ2v) is 24.4. The van der Waals surface area contributed by atoms with E-state index in [1.54, 1.807) is 0 Å². The minimum atomic E-state index is -4.76. The number of unbranched alkanes of at least 4 members (excludes halogenated alkanes) is 37. The Morgan fingerprint density at radius 3 is 0.939 bits per heavy atom. The van der Waals surface area contributed by atoms with Crippen molar-refractivity contribution in [2.45, 2.75) is 341 Å². The van der Waals surface area contributed by atoms with Gasteiger partial charge in [0.25, 0.3) is 0 Å². The quantitative estimate of drug-likeness (QED) is 0.0197. The van der Waals surface area contributed by atoms with Gasteiger partial charge in [0.15, 0.2) is 6.10 Å². The number of aliphatic hydroxyl groups excluding tert-OH is 1. The summed E-state index contributed by atoms with van der Waals surface area (Å²) in [6.45, 7) is 4.64. The van der Waals surface area contributed by atoms with Gasteiger partial charge in [0.1, 0.15) is 12.7 Å². The second-order valence-electron chi connectivity index (χ2n) is 23.0. The standard InChI is InChI=1S/C70H127O11P/c1-4-7-10-13-16-19-22-25-28-31-33-36-38-41-44-47-50-53-56-59-68(72)77-63-67(81-70(74)61-58-55-52-49-46-43-40-37-34-32-29-26-23-20-17-14-11-8-5-2)65-79-82(75,76)78-64-66(62-71)80-69(73)60-57-54-51-48-45-42-39-35-30-27-24-21-18-15-12-9-6-3/h17-18,20-21,25-30,66-67,71H,4-16,19,22-24,31-65H2,1-3H3,(H,75,76)/b20-17-,21-18-,28-25-,29-26-,30-27-. The van der Waals surface area contributed by atoms with E-state index < -0.39 is 57.8 Å². The Balaban J connectivity index is 4.68. The lowest BCUT2D eigenvalue weighted by molar-refractivity contribution is -0.161. The number of allylic oxidation sites excluding steroid dienone is 10. The van der Waals surface area contributed by atoms with Gasteiger partial charge in [0.2, 0.25) is 0 Å². The van der Waals surface area contributed by atoms with Gasteiger partial charge in [-0.25, -0.2) is 4.57 Å². The van der Waals surface area contributed by atoms with E-state index in [-0.39, 0.29) is 25.9 Å². The largest absolute Gasteiger partial charge is 0.472 e. The first-order valence-corrected chi connectivity index (χ1v) is 35.7. The van der Waals surface area contributed by atoms with E-state index in [4.69, 9.17) is 23.3 Å². The monoisotopic (exact) mass is 1170 g/mol. The van der Waals surface area contributed by atoms with E-state index in [0.717, 1.165) is 89.9 Å². The Bertz CT molecular complexity index is 1610. The molecule has 0 aromatic rings. The Hall–Kier alpha value is -2.82. The average Bonchev–Trinajstić information content (AvgIpc) is 3.50. The molecule has 82 heavy (non-hydrogen) atoms. The highest BCUT2D eigenvalue weighted by molar-refractivity contribution is 7.47. The first-order valence-electron chi connectivity index (χ1n) is 34.2. The molecule has 11 nitrogen and oxygen atoms in total. The average molecular weight is 1180 g/mol. The van der Waals surface area contributed by atoms with Crippen molar-refractivity contribution in [2.75, 3.05) is 26.4 Å². The van der Waals surface area contributed by atoms with Gasteiger partial charge in [-0.2, -0.15) is 0 Å². The number of hydrogen-bond acceptors (Lipinski definition) is 10. The number of carbonyl (C=O) groups is 3. The van der Waals surface area contributed by atoms with Crippen LogP contribution in [0.3, 0.4) is 0 Å². The maximum absolute atomic E-state index is 13.0. The number of phosphoric acid groups is 1. The lowest BCUT2D eigenvalue weighted by atomic mass is 10.1. The van der Waals surface area contributed by atoms with Crippen LogP contribution in [0.5, 0.6) is 0 Å². The van der Waals surface area contributed by atoms with Gasteiger partial charge in [0, 0.05) is 19.3 Å². The highest BCUT2D eigenvalue weighted by atomic mass is 31.2. The first kappa shape index (κ1) is 79.2. The van der Waals surface area contributed by atoms with Crippen LogP contribution in [0.25, 0.3) is 0 Å². The van der Waals surface area contributed by atoms with Gasteiger partial charge in [-0.3, -0.25) is 23.4 Å². The summed E-state index contributed by atoms with van der Waals surface area (Å²) < 4.78 is 39.8. The van der Waals surface area contributed by atoms with Crippen molar-refractivity contribution in [2.24, 2.45) is 0 Å². The van der Waals surface area contributed by atoms with Gasteiger partial charge in [-0.15, -0.1) is 0 Å². The summed E-state index contributed by atoms with van der Waals surface area (Å²) in [5.74, 6) is -1.46. The fourth-order valence-electron chi connectivity index (χ4n) is 9.65. The summed E-state index contributed by atoms with van der Waals surface area (Å²) >= 11 is 0. The van der Waals surface area contributed by atoms with Crippen molar-refractivity contribution >= 4 is 25.7 Å². The van der Waals surface area contributed by atoms with E-state index in [9.17, 15) is 28.9 Å². The third-order valence-corrected chi connectivity index (χ3v) is 15.8. The second kappa shape index (κ2) is 64.2. The lowest BCUT2D eigenvalue weighted by Crippen LogP contribution is -2.30. The van der Waals surface area contributed by atoms with E-state index in [0.29, 0.717) is 19.3 Å². The van der Waals surface area contributed by atoms with Crippen LogP contribution in [0.2, 0.25) is 0 Å². The fraction of sp³-hybridized carbons (Fsp3) is 0.814. The topological polar surface area (TPSA) is 155 Å². The third-order valence-electron chi connectivity index (χ3n) is 14.9. The predicted octanol–water partition coefficient (Wildman–Crippen LogP) is 21.0. The van der Waals surface area contributed by atoms with Crippen molar-refractivity contribution in [3.8, 4) is 0 Å². The molecule has 0 spiro atoms. The Morgan fingerprint density at radius 2 is 0.598 bits per heavy atom. The van der Waals surface area contributed by atoms with E-state index in [2.05, 4.69) is 81.5 Å². The highest BCUT2D eigenvalue weighted by Gasteiger charge is 2.28. The molecule has 3 unspecified atom stereocenters. The molecule has 0 aliphatic heterocycles. The summed E-state index contributed by atoms with van der Waals surface area (Å²) in [7, 11) is -4.76. The van der Waals surface area contributed by atoms with E-state index >= 15 is 0 Å². The van der Waals surface area contributed by atoms with Gasteiger partial charge >= 0.3 is 25.7 Å². The molecule has 0 heterocycles. The minimum absolute atomic E-state index is 0.163. The molecule has 3 atom stereocenters. The number of hydrogen-bond donors (Lipinski definition) is 2. The van der Waals surface area contributed by atoms with Crippen molar-refractivity contribution in [3.63, 3.8) is 0 Å². The normalized spacial score (nSPS) is 13.6. The summed E-state index contributed by atoms with van der Waals surface area (Å²) in [6.07, 6.45) is 73.0. The van der Waals surface area contributed by atoms with Crippen molar-refractivity contribution < 1.29 is 52.2 Å². The third kappa shape index (κ3) is 61.7. The molecule has 0 aliphatic carbocycles. The van der Waals surface area contributed by atoms with Crippen LogP contribution in [0.4, 0.5) is 0 Å². The Labute approximate surface area is 504 Å². The van der Waals surface area contributed by atoms with Crippen molar-refractivity contribution in [3.05, 3.63) is 60.8 Å². The molecular weight excluding hydrogens is 1050 g/mol. The molecule has 12 heteroatoms. The summed E-state index contributed by atoms with van der Waals surface area (Å²) in [6, 6.07) is 0. The zero-order valence-electron chi connectivity index (χ0n) is 53.2. The number of phosphoric ester groups is 1. The summed E-state index contributed by atoms with van der Waals surface area (Å²) in [5.41, 5.74) is 0. The van der Waals surface area contributed by atoms with Crippen molar-refractivity contribution in [1.82, 2.24) is 0 Å². The Morgan fingerprint density at radius 1 is 0.341 bits per heavy atom. The van der Waals surface area contributed by atoms with Gasteiger partial charge in [0.05, 0.1) is 19.8 Å². The molecule has 478 valence electrons. The van der Waals surface area contributed by atoms with E-state index in [1.807, 2.05) is 0 Å².